The van der Waals surface area contributed by atoms with Crippen LogP contribution in [0, 0.1) is 0 Å². The minimum atomic E-state index is -3.12. The Hall–Kier alpha value is -0.870. The minimum absolute atomic E-state index is 0.0238. The molecule has 1 aromatic carbocycles. The van der Waals surface area contributed by atoms with Gasteiger partial charge in [0.1, 0.15) is 6.29 Å². The van der Waals surface area contributed by atoms with Crippen LogP contribution in [0.3, 0.4) is 0 Å². The molecule has 0 heterocycles. The molecule has 0 spiro atoms. The number of sulfone groups is 1. The fraction of sp³-hybridized carbons (Fsp3) is 0.300. The van der Waals surface area contributed by atoms with Crippen LogP contribution in [0.4, 0.5) is 0 Å². The van der Waals surface area contributed by atoms with Gasteiger partial charge in [-0.2, -0.15) is 0 Å². The van der Waals surface area contributed by atoms with Crippen molar-refractivity contribution in [1.29, 1.82) is 0 Å². The van der Waals surface area contributed by atoms with Crippen molar-refractivity contribution in [3.05, 3.63) is 35.4 Å². The summed E-state index contributed by atoms with van der Waals surface area (Å²) in [6.45, 7) is 0. The number of hydrogen-bond donors (Lipinski definition) is 0. The molecule has 0 saturated carbocycles. The van der Waals surface area contributed by atoms with E-state index in [9.17, 15) is 13.2 Å². The first-order valence-electron chi connectivity index (χ1n) is 4.38. The zero-order valence-corrected chi connectivity index (χ0v) is 9.59. The molecular formula is C10H11ClO3S. The molecule has 0 unspecified atom stereocenters. The van der Waals surface area contributed by atoms with E-state index >= 15 is 0 Å². The molecule has 0 aromatic heterocycles. The Labute approximate surface area is 94.0 Å². The van der Waals surface area contributed by atoms with Gasteiger partial charge in [0.2, 0.25) is 0 Å². The first kappa shape index (κ1) is 12.2. The van der Waals surface area contributed by atoms with Crippen molar-refractivity contribution < 1.29 is 13.2 Å². The zero-order chi connectivity index (χ0) is 11.3. The quantitative estimate of drug-likeness (QED) is 0.586. The van der Waals surface area contributed by atoms with Crippen molar-refractivity contribution in [2.75, 3.05) is 11.6 Å². The van der Waals surface area contributed by atoms with Gasteiger partial charge in [0.15, 0.2) is 9.84 Å². The van der Waals surface area contributed by atoms with Crippen LogP contribution < -0.4 is 0 Å². The highest BCUT2D eigenvalue weighted by Crippen LogP contribution is 2.08. The van der Waals surface area contributed by atoms with Crippen LogP contribution in [0.25, 0.3) is 0 Å². The maximum Gasteiger partial charge on any atom is 0.155 e. The van der Waals surface area contributed by atoms with E-state index in [-0.39, 0.29) is 17.4 Å². The molecular weight excluding hydrogens is 236 g/mol. The highest BCUT2D eigenvalue weighted by atomic mass is 35.5. The summed E-state index contributed by atoms with van der Waals surface area (Å²) in [7, 11) is -3.12. The van der Waals surface area contributed by atoms with Crippen LogP contribution in [-0.2, 0) is 15.6 Å². The number of aldehydes is 1. The Morgan fingerprint density at radius 1 is 1.20 bits per heavy atom. The maximum absolute atomic E-state index is 11.4. The molecule has 0 aliphatic carbocycles. The minimum Gasteiger partial charge on any atom is -0.298 e. The van der Waals surface area contributed by atoms with E-state index in [4.69, 9.17) is 11.6 Å². The van der Waals surface area contributed by atoms with Gasteiger partial charge in [0.05, 0.1) is 11.5 Å². The van der Waals surface area contributed by atoms with E-state index in [1.165, 1.54) is 0 Å². The standard InChI is InChI=1S/C10H11ClO3S/c11-5-6-15(13,14)8-10-3-1-9(7-12)2-4-10/h1-4,7H,5-6,8H2. The summed E-state index contributed by atoms with van der Waals surface area (Å²) in [5.41, 5.74) is 1.21. The molecule has 0 aliphatic heterocycles. The molecule has 15 heavy (non-hydrogen) atoms. The fourth-order valence-electron chi connectivity index (χ4n) is 1.14. The highest BCUT2D eigenvalue weighted by Gasteiger charge is 2.10. The van der Waals surface area contributed by atoms with Crippen molar-refractivity contribution >= 4 is 27.7 Å². The second-order valence-electron chi connectivity index (χ2n) is 3.14. The number of alkyl halides is 1. The summed E-state index contributed by atoms with van der Waals surface area (Å²) in [5.74, 6) is 0.0532. The molecule has 0 aliphatic rings. The summed E-state index contributed by atoms with van der Waals surface area (Å²) in [6, 6.07) is 6.46. The third-order valence-electron chi connectivity index (χ3n) is 1.89. The van der Waals surface area contributed by atoms with Crippen molar-refractivity contribution in [2.45, 2.75) is 5.75 Å². The molecule has 0 atom stereocenters. The summed E-state index contributed by atoms with van der Waals surface area (Å²) in [4.78, 5) is 10.4. The molecule has 0 amide bonds. The molecule has 0 bridgehead atoms. The Balaban J connectivity index is 2.77. The second-order valence-corrected chi connectivity index (χ2v) is 5.70. The Morgan fingerprint density at radius 3 is 2.27 bits per heavy atom. The van der Waals surface area contributed by atoms with Gasteiger partial charge in [-0.15, -0.1) is 11.6 Å². The summed E-state index contributed by atoms with van der Waals surface area (Å²) >= 11 is 5.37. The number of carbonyl (C=O) groups excluding carboxylic acids is 1. The predicted octanol–water partition coefficient (Wildman–Crippen LogP) is 1.65. The van der Waals surface area contributed by atoms with E-state index in [0.717, 1.165) is 6.29 Å². The normalized spacial score (nSPS) is 11.3. The molecule has 0 saturated heterocycles. The van der Waals surface area contributed by atoms with E-state index in [2.05, 4.69) is 0 Å². The van der Waals surface area contributed by atoms with Gasteiger partial charge in [0.25, 0.3) is 0 Å². The van der Waals surface area contributed by atoms with E-state index < -0.39 is 9.84 Å². The molecule has 1 rings (SSSR count). The number of carbonyl (C=O) groups is 1. The van der Waals surface area contributed by atoms with Gasteiger partial charge in [-0.1, -0.05) is 24.3 Å². The number of halogens is 1. The topological polar surface area (TPSA) is 51.2 Å². The van der Waals surface area contributed by atoms with Gasteiger partial charge < -0.3 is 0 Å². The van der Waals surface area contributed by atoms with E-state index in [1.54, 1.807) is 24.3 Å². The van der Waals surface area contributed by atoms with Crippen molar-refractivity contribution in [3.63, 3.8) is 0 Å². The maximum atomic E-state index is 11.4. The summed E-state index contributed by atoms with van der Waals surface area (Å²) in [5, 5.41) is 0. The second kappa shape index (κ2) is 5.28. The van der Waals surface area contributed by atoms with E-state index in [0.29, 0.717) is 11.1 Å². The Morgan fingerprint density at radius 2 is 1.80 bits per heavy atom. The molecule has 0 N–H and O–H groups in total. The lowest BCUT2D eigenvalue weighted by Crippen LogP contribution is -2.10. The SMILES string of the molecule is O=Cc1ccc(CS(=O)(=O)CCCl)cc1. The van der Waals surface area contributed by atoms with Gasteiger partial charge in [-0.3, -0.25) is 4.79 Å². The Kier molecular flexibility index (Phi) is 4.29. The predicted molar refractivity (Wildman–Crippen MR) is 60.0 cm³/mol. The molecule has 5 heteroatoms. The van der Waals surface area contributed by atoms with Crippen LogP contribution in [0.5, 0.6) is 0 Å². The number of rotatable bonds is 5. The molecule has 1 aromatic rings. The number of benzene rings is 1. The summed E-state index contributed by atoms with van der Waals surface area (Å²) in [6.07, 6.45) is 0.719. The lowest BCUT2D eigenvalue weighted by Gasteiger charge is -2.02. The molecule has 3 nitrogen and oxygen atoms in total. The van der Waals surface area contributed by atoms with Crippen LogP contribution in [0.2, 0.25) is 0 Å². The fourth-order valence-corrected chi connectivity index (χ4v) is 2.92. The van der Waals surface area contributed by atoms with Gasteiger partial charge in [-0.05, 0) is 5.56 Å². The average Bonchev–Trinajstić information content (AvgIpc) is 2.18. The first-order valence-corrected chi connectivity index (χ1v) is 6.73. The van der Waals surface area contributed by atoms with Crippen LogP contribution >= 0.6 is 11.6 Å². The smallest absolute Gasteiger partial charge is 0.155 e. The number of hydrogen-bond acceptors (Lipinski definition) is 3. The largest absolute Gasteiger partial charge is 0.298 e. The molecule has 0 fully saturated rings. The lowest BCUT2D eigenvalue weighted by atomic mass is 10.2. The highest BCUT2D eigenvalue weighted by molar-refractivity contribution is 7.90. The van der Waals surface area contributed by atoms with Crippen LogP contribution in [0.15, 0.2) is 24.3 Å². The zero-order valence-electron chi connectivity index (χ0n) is 8.02. The monoisotopic (exact) mass is 246 g/mol. The average molecular weight is 247 g/mol. The van der Waals surface area contributed by atoms with Gasteiger partial charge in [-0.25, -0.2) is 8.42 Å². The van der Waals surface area contributed by atoms with E-state index in [1.807, 2.05) is 0 Å². The summed E-state index contributed by atoms with van der Waals surface area (Å²) < 4.78 is 22.8. The molecule has 0 radical (unpaired) electrons. The molecule has 82 valence electrons. The first-order chi connectivity index (χ1) is 7.07. The van der Waals surface area contributed by atoms with Crippen molar-refractivity contribution in [1.82, 2.24) is 0 Å². The van der Waals surface area contributed by atoms with Gasteiger partial charge >= 0.3 is 0 Å². The third-order valence-corrected chi connectivity index (χ3v) is 3.90. The third kappa shape index (κ3) is 4.01. The van der Waals surface area contributed by atoms with Crippen molar-refractivity contribution in [3.8, 4) is 0 Å². The van der Waals surface area contributed by atoms with Crippen LogP contribution in [0.1, 0.15) is 15.9 Å². The van der Waals surface area contributed by atoms with Crippen LogP contribution in [-0.4, -0.2) is 26.3 Å². The lowest BCUT2D eigenvalue weighted by molar-refractivity contribution is 0.112. The van der Waals surface area contributed by atoms with Gasteiger partial charge in [0, 0.05) is 11.4 Å². The Bertz CT molecular complexity index is 422. The van der Waals surface area contributed by atoms with Crippen molar-refractivity contribution in [2.24, 2.45) is 0 Å².